The van der Waals surface area contributed by atoms with Crippen LogP contribution in [0.5, 0.6) is 0 Å². The minimum absolute atomic E-state index is 0.237. The maximum absolute atomic E-state index is 11.8. The molecule has 1 rings (SSSR count). The van der Waals surface area contributed by atoms with Crippen LogP contribution in [0.1, 0.15) is 19.4 Å². The van der Waals surface area contributed by atoms with Crippen LogP contribution in [0.15, 0.2) is 24.3 Å². The lowest BCUT2D eigenvalue weighted by Gasteiger charge is -2.11. The molecule has 0 unspecified atom stereocenters. The highest BCUT2D eigenvalue weighted by Crippen LogP contribution is 2.11. The Labute approximate surface area is 121 Å². The van der Waals surface area contributed by atoms with Gasteiger partial charge in [-0.2, -0.15) is 13.1 Å². The normalized spacial score (nSPS) is 11.8. The molecule has 0 fully saturated rings. The van der Waals surface area contributed by atoms with Crippen LogP contribution >= 0.6 is 0 Å². The summed E-state index contributed by atoms with van der Waals surface area (Å²) in [7, 11) is -2.03. The molecule has 1 aromatic carbocycles. The predicted molar refractivity (Wildman–Crippen MR) is 80.8 cm³/mol. The van der Waals surface area contributed by atoms with E-state index in [9.17, 15) is 8.42 Å². The van der Waals surface area contributed by atoms with E-state index in [0.29, 0.717) is 24.9 Å². The van der Waals surface area contributed by atoms with Crippen LogP contribution in [0, 0.1) is 0 Å². The summed E-state index contributed by atoms with van der Waals surface area (Å²) in [6, 6.07) is 7.68. The van der Waals surface area contributed by atoms with Gasteiger partial charge in [-0.05, 0) is 17.7 Å². The molecule has 20 heavy (non-hydrogen) atoms. The highest BCUT2D eigenvalue weighted by Gasteiger charge is 2.09. The lowest BCUT2D eigenvalue weighted by Crippen LogP contribution is -2.32. The number of anilines is 1. The number of rotatable bonds is 9. The van der Waals surface area contributed by atoms with Crippen molar-refractivity contribution in [3.63, 3.8) is 0 Å². The van der Waals surface area contributed by atoms with Crippen LogP contribution < -0.4 is 14.8 Å². The number of nitrogens with one attached hydrogen (secondary N) is 3. The van der Waals surface area contributed by atoms with Crippen LogP contribution in [0.2, 0.25) is 0 Å². The third-order valence-electron chi connectivity index (χ3n) is 2.49. The summed E-state index contributed by atoms with van der Waals surface area (Å²) in [6.07, 6.45) is 0. The summed E-state index contributed by atoms with van der Waals surface area (Å²) in [5.41, 5.74) is 1.56. The maximum atomic E-state index is 11.8. The molecule has 0 amide bonds. The first-order valence-corrected chi connectivity index (χ1v) is 8.00. The molecule has 3 N–H and O–H groups in total. The average Bonchev–Trinajstić information content (AvgIpc) is 2.36. The minimum Gasteiger partial charge on any atom is -0.383 e. The van der Waals surface area contributed by atoms with Crippen LogP contribution in [-0.4, -0.2) is 34.7 Å². The summed E-state index contributed by atoms with van der Waals surface area (Å²) in [5, 5.41) is 3.28. The standard InChI is InChI=1S/C13H23N3O3S/c1-11(2)14-10-12-5-4-6-13(9-12)16-20(17,18)15-7-8-19-3/h4-6,9,11,14-16H,7-8,10H2,1-3H3. The molecular formula is C13H23N3O3S. The number of methoxy groups -OCH3 is 1. The van der Waals surface area contributed by atoms with Crippen molar-refractivity contribution >= 4 is 15.9 Å². The summed E-state index contributed by atoms with van der Waals surface area (Å²) in [4.78, 5) is 0. The van der Waals surface area contributed by atoms with E-state index in [4.69, 9.17) is 4.74 Å². The lowest BCUT2D eigenvalue weighted by atomic mass is 10.2. The Balaban J connectivity index is 2.60. The van der Waals surface area contributed by atoms with Gasteiger partial charge in [0.2, 0.25) is 0 Å². The van der Waals surface area contributed by atoms with Gasteiger partial charge in [-0.1, -0.05) is 26.0 Å². The van der Waals surface area contributed by atoms with Gasteiger partial charge < -0.3 is 10.1 Å². The van der Waals surface area contributed by atoms with Gasteiger partial charge in [0, 0.05) is 26.2 Å². The molecule has 114 valence electrons. The third-order valence-corrected chi connectivity index (χ3v) is 3.58. The molecule has 6 nitrogen and oxygen atoms in total. The van der Waals surface area contributed by atoms with Crippen molar-refractivity contribution in [3.8, 4) is 0 Å². The Morgan fingerprint density at radius 2 is 2.05 bits per heavy atom. The second kappa shape index (κ2) is 8.21. The minimum atomic E-state index is -3.56. The van der Waals surface area contributed by atoms with E-state index in [0.717, 1.165) is 5.56 Å². The van der Waals surface area contributed by atoms with Gasteiger partial charge >= 0.3 is 0 Å². The van der Waals surface area contributed by atoms with Crippen molar-refractivity contribution in [2.45, 2.75) is 26.4 Å². The number of hydrogen-bond acceptors (Lipinski definition) is 4. The van der Waals surface area contributed by atoms with E-state index < -0.39 is 10.2 Å². The Kier molecular flexibility index (Phi) is 6.94. The smallest absolute Gasteiger partial charge is 0.299 e. The van der Waals surface area contributed by atoms with Crippen molar-refractivity contribution in [3.05, 3.63) is 29.8 Å². The van der Waals surface area contributed by atoms with Crippen LogP contribution in [0.4, 0.5) is 5.69 Å². The van der Waals surface area contributed by atoms with Gasteiger partial charge in [0.1, 0.15) is 0 Å². The maximum Gasteiger partial charge on any atom is 0.299 e. The van der Waals surface area contributed by atoms with Crippen molar-refractivity contribution in [1.29, 1.82) is 0 Å². The SMILES string of the molecule is COCCNS(=O)(=O)Nc1cccc(CNC(C)C)c1. The van der Waals surface area contributed by atoms with Crippen LogP contribution in [-0.2, 0) is 21.5 Å². The Bertz CT molecular complexity index is 503. The van der Waals surface area contributed by atoms with Crippen molar-refractivity contribution < 1.29 is 13.2 Å². The number of hydrogen-bond donors (Lipinski definition) is 3. The molecule has 0 bridgehead atoms. The van der Waals surface area contributed by atoms with E-state index in [2.05, 4.69) is 28.6 Å². The summed E-state index contributed by atoms with van der Waals surface area (Å²) < 4.78 is 33.2. The first kappa shape index (κ1) is 16.9. The largest absolute Gasteiger partial charge is 0.383 e. The quantitative estimate of drug-likeness (QED) is 0.596. The summed E-state index contributed by atoms with van der Waals surface area (Å²) in [6.45, 7) is 5.39. The molecule has 0 aliphatic carbocycles. The van der Waals surface area contributed by atoms with Gasteiger partial charge in [0.25, 0.3) is 10.2 Å². The molecule has 1 aromatic rings. The average molecular weight is 301 g/mol. The fourth-order valence-corrected chi connectivity index (χ4v) is 2.40. The molecule has 0 heterocycles. The molecule has 7 heteroatoms. The Morgan fingerprint density at radius 1 is 1.30 bits per heavy atom. The second-order valence-electron chi connectivity index (χ2n) is 4.73. The molecule has 0 saturated heterocycles. The topological polar surface area (TPSA) is 79.5 Å². The fraction of sp³-hybridized carbons (Fsp3) is 0.538. The fourth-order valence-electron chi connectivity index (χ4n) is 1.54. The van der Waals surface area contributed by atoms with Gasteiger partial charge in [-0.3, -0.25) is 4.72 Å². The van der Waals surface area contributed by atoms with Gasteiger partial charge in [-0.15, -0.1) is 0 Å². The van der Waals surface area contributed by atoms with Gasteiger partial charge in [-0.25, -0.2) is 0 Å². The highest BCUT2D eigenvalue weighted by molar-refractivity contribution is 7.90. The second-order valence-corrected chi connectivity index (χ2v) is 6.23. The summed E-state index contributed by atoms with van der Waals surface area (Å²) in [5.74, 6) is 0. The number of ether oxygens (including phenoxy) is 1. The van der Waals surface area contributed by atoms with Crippen LogP contribution in [0.25, 0.3) is 0 Å². The highest BCUT2D eigenvalue weighted by atomic mass is 32.2. The van der Waals surface area contributed by atoms with E-state index in [-0.39, 0.29) is 6.54 Å². The van der Waals surface area contributed by atoms with Gasteiger partial charge in [0.05, 0.1) is 12.3 Å². The van der Waals surface area contributed by atoms with Crippen LogP contribution in [0.3, 0.4) is 0 Å². The zero-order valence-corrected chi connectivity index (χ0v) is 13.0. The van der Waals surface area contributed by atoms with E-state index in [1.807, 2.05) is 18.2 Å². The number of benzene rings is 1. The molecule has 0 radical (unpaired) electrons. The first-order chi connectivity index (χ1) is 9.43. The summed E-state index contributed by atoms with van der Waals surface area (Å²) >= 11 is 0. The van der Waals surface area contributed by atoms with Crippen molar-refractivity contribution in [2.75, 3.05) is 25.0 Å². The molecule has 0 aliphatic rings. The zero-order chi connectivity index (χ0) is 15.0. The Hall–Kier alpha value is -1.15. The van der Waals surface area contributed by atoms with Crippen molar-refractivity contribution in [1.82, 2.24) is 10.0 Å². The van der Waals surface area contributed by atoms with Gasteiger partial charge in [0.15, 0.2) is 0 Å². The molecule has 0 spiro atoms. The predicted octanol–water partition coefficient (Wildman–Crippen LogP) is 1.08. The first-order valence-electron chi connectivity index (χ1n) is 6.51. The molecular weight excluding hydrogens is 278 g/mol. The molecule has 0 aliphatic heterocycles. The zero-order valence-electron chi connectivity index (χ0n) is 12.1. The van der Waals surface area contributed by atoms with E-state index in [1.54, 1.807) is 6.07 Å². The van der Waals surface area contributed by atoms with E-state index >= 15 is 0 Å². The lowest BCUT2D eigenvalue weighted by molar-refractivity contribution is 0.204. The third kappa shape index (κ3) is 6.85. The monoisotopic (exact) mass is 301 g/mol. The van der Waals surface area contributed by atoms with Crippen molar-refractivity contribution in [2.24, 2.45) is 0 Å². The van der Waals surface area contributed by atoms with E-state index in [1.165, 1.54) is 7.11 Å². The molecule has 0 saturated carbocycles. The molecule has 0 aromatic heterocycles. The molecule has 0 atom stereocenters. The Morgan fingerprint density at radius 3 is 2.70 bits per heavy atom.